The number of hydrogen-bond donors (Lipinski definition) is 0. The summed E-state index contributed by atoms with van der Waals surface area (Å²) in [7, 11) is 0. The molecule has 11 aromatic carbocycles. The molecule has 0 fully saturated rings. The average Bonchev–Trinajstić information content (AvgIpc) is 3.78. The maximum atomic E-state index is 2.44. The molecule has 322 valence electrons. The summed E-state index contributed by atoms with van der Waals surface area (Å²) in [6, 6.07) is 98.5. The predicted molar refractivity (Wildman–Crippen MR) is 292 cm³/mol. The highest BCUT2D eigenvalue weighted by atomic mass is 32.1. The SMILES string of the molecule is c1ccc(N(c2ccccc2)c2ccccc2-c2ccc3sc4cc(N(c5cccc(-c6cccc7ccccc67)c5)c5ccccc5N(c5ccccc5)c5ccccc5)ccc4c3c2)cc1. The monoisotopic (exact) mass is 887 g/mol. The van der Waals surface area contributed by atoms with Crippen LogP contribution in [0.3, 0.4) is 0 Å². The van der Waals surface area contributed by atoms with Gasteiger partial charge in [-0.25, -0.2) is 0 Å². The lowest BCUT2D eigenvalue weighted by Gasteiger charge is -2.33. The summed E-state index contributed by atoms with van der Waals surface area (Å²) in [6.07, 6.45) is 0. The van der Waals surface area contributed by atoms with Crippen molar-refractivity contribution < 1.29 is 0 Å². The fourth-order valence-electron chi connectivity index (χ4n) is 9.71. The first-order valence-electron chi connectivity index (χ1n) is 23.1. The number of thiophene rings is 1. The van der Waals surface area contributed by atoms with Crippen LogP contribution in [0.25, 0.3) is 53.2 Å². The second kappa shape index (κ2) is 17.9. The first-order valence-corrected chi connectivity index (χ1v) is 23.9. The molecular formula is C64H45N3S. The molecule has 0 unspecified atom stereocenters. The van der Waals surface area contributed by atoms with Crippen LogP contribution in [0.4, 0.5) is 51.2 Å². The van der Waals surface area contributed by atoms with Crippen LogP contribution < -0.4 is 14.7 Å². The third kappa shape index (κ3) is 7.63. The molecule has 0 saturated carbocycles. The van der Waals surface area contributed by atoms with Gasteiger partial charge in [-0.3, -0.25) is 0 Å². The van der Waals surface area contributed by atoms with Crippen molar-refractivity contribution in [2.75, 3.05) is 14.7 Å². The highest BCUT2D eigenvalue weighted by Gasteiger charge is 2.24. The topological polar surface area (TPSA) is 9.72 Å². The second-order valence-corrected chi connectivity index (χ2v) is 18.0. The van der Waals surface area contributed by atoms with Crippen molar-refractivity contribution in [1.82, 2.24) is 0 Å². The molecule has 12 aromatic rings. The van der Waals surface area contributed by atoms with Crippen molar-refractivity contribution in [3.8, 4) is 22.3 Å². The number of rotatable bonds is 11. The van der Waals surface area contributed by atoms with Gasteiger partial charge in [-0.1, -0.05) is 170 Å². The summed E-state index contributed by atoms with van der Waals surface area (Å²) >= 11 is 1.85. The number of benzene rings is 11. The van der Waals surface area contributed by atoms with E-state index in [1.165, 1.54) is 53.2 Å². The summed E-state index contributed by atoms with van der Waals surface area (Å²) in [4.78, 5) is 7.16. The minimum Gasteiger partial charge on any atom is -0.310 e. The van der Waals surface area contributed by atoms with Gasteiger partial charge in [0.1, 0.15) is 0 Å². The predicted octanol–water partition coefficient (Wildman–Crippen LogP) is 19.0. The van der Waals surface area contributed by atoms with Gasteiger partial charge in [0.2, 0.25) is 0 Å². The normalized spacial score (nSPS) is 11.2. The lowest BCUT2D eigenvalue weighted by molar-refractivity contribution is 1.23. The van der Waals surface area contributed by atoms with E-state index < -0.39 is 0 Å². The Morgan fingerprint density at radius 2 is 0.691 bits per heavy atom. The first kappa shape index (κ1) is 40.8. The molecule has 4 heteroatoms. The van der Waals surface area contributed by atoms with Gasteiger partial charge in [0.05, 0.1) is 17.1 Å². The smallest absolute Gasteiger partial charge is 0.0702 e. The lowest BCUT2D eigenvalue weighted by atomic mass is 9.97. The molecule has 1 heterocycles. The zero-order valence-corrected chi connectivity index (χ0v) is 38.0. The van der Waals surface area contributed by atoms with E-state index in [1.807, 2.05) is 11.3 Å². The molecule has 1 aromatic heterocycles. The van der Waals surface area contributed by atoms with Crippen LogP contribution in [-0.4, -0.2) is 0 Å². The van der Waals surface area contributed by atoms with Crippen molar-refractivity contribution in [3.05, 3.63) is 273 Å². The van der Waals surface area contributed by atoms with Crippen LogP contribution in [0.5, 0.6) is 0 Å². The standard InChI is InChI=1S/C64H45N3S/c1-5-24-49(25-6-1)65(50-26-7-2-8-27-50)60-36-16-15-34-57(60)48-39-42-63-59(44-48)58-41-40-54(45-64(58)68-63)67(53-32-19-23-47(43-53)56-35-20-22-46-21-13-14-33-55(46)56)62-38-18-17-37-61(62)66(51-28-9-3-10-29-51)52-30-11-4-12-31-52/h1-45H. The summed E-state index contributed by atoms with van der Waals surface area (Å²) in [5.41, 5.74) is 14.6. The second-order valence-electron chi connectivity index (χ2n) is 16.9. The van der Waals surface area contributed by atoms with Gasteiger partial charge in [0.25, 0.3) is 0 Å². The molecule has 0 aliphatic carbocycles. The van der Waals surface area contributed by atoms with Crippen molar-refractivity contribution in [2.24, 2.45) is 0 Å². The quantitative estimate of drug-likeness (QED) is 0.128. The molecule has 0 atom stereocenters. The van der Waals surface area contributed by atoms with E-state index in [0.29, 0.717) is 0 Å². The minimum atomic E-state index is 1.07. The van der Waals surface area contributed by atoms with Crippen molar-refractivity contribution in [1.29, 1.82) is 0 Å². The summed E-state index contributed by atoms with van der Waals surface area (Å²) in [5.74, 6) is 0. The molecule has 0 spiro atoms. The van der Waals surface area contributed by atoms with Gasteiger partial charge in [-0.05, 0) is 131 Å². The van der Waals surface area contributed by atoms with E-state index in [2.05, 4.69) is 288 Å². The van der Waals surface area contributed by atoms with Crippen LogP contribution in [0.1, 0.15) is 0 Å². The largest absolute Gasteiger partial charge is 0.310 e. The van der Waals surface area contributed by atoms with Gasteiger partial charge >= 0.3 is 0 Å². The molecule has 0 amide bonds. The Bertz CT molecular complexity index is 3620. The molecule has 3 nitrogen and oxygen atoms in total. The Morgan fingerprint density at radius 3 is 1.34 bits per heavy atom. The molecule has 0 saturated heterocycles. The van der Waals surface area contributed by atoms with Crippen LogP contribution in [0.2, 0.25) is 0 Å². The summed E-state index contributed by atoms with van der Waals surface area (Å²) in [6.45, 7) is 0. The fourth-order valence-corrected chi connectivity index (χ4v) is 10.8. The molecule has 0 aliphatic heterocycles. The van der Waals surface area contributed by atoms with E-state index >= 15 is 0 Å². The van der Waals surface area contributed by atoms with Gasteiger partial charge < -0.3 is 14.7 Å². The molecule has 0 radical (unpaired) electrons. The van der Waals surface area contributed by atoms with E-state index in [9.17, 15) is 0 Å². The average molecular weight is 888 g/mol. The maximum absolute atomic E-state index is 2.44. The van der Waals surface area contributed by atoms with Crippen molar-refractivity contribution in [3.63, 3.8) is 0 Å². The zero-order valence-electron chi connectivity index (χ0n) is 37.2. The Labute approximate surface area is 401 Å². The molecule has 12 rings (SSSR count). The first-order chi connectivity index (χ1) is 33.7. The molecule has 0 N–H and O–H groups in total. The lowest BCUT2D eigenvalue weighted by Crippen LogP contribution is -2.16. The van der Waals surface area contributed by atoms with E-state index in [-0.39, 0.29) is 0 Å². The van der Waals surface area contributed by atoms with E-state index in [1.54, 1.807) is 0 Å². The summed E-state index contributed by atoms with van der Waals surface area (Å²) < 4.78 is 2.49. The fraction of sp³-hybridized carbons (Fsp3) is 0. The minimum absolute atomic E-state index is 1.07. The van der Waals surface area contributed by atoms with E-state index in [0.717, 1.165) is 51.2 Å². The Balaban J connectivity index is 1.02. The van der Waals surface area contributed by atoms with Gasteiger partial charge in [0.15, 0.2) is 0 Å². The van der Waals surface area contributed by atoms with Crippen LogP contribution >= 0.6 is 11.3 Å². The molecule has 0 aliphatic rings. The number of nitrogens with zero attached hydrogens (tertiary/aromatic N) is 3. The van der Waals surface area contributed by atoms with Crippen molar-refractivity contribution >= 4 is 93.5 Å². The third-order valence-corrected chi connectivity index (χ3v) is 13.9. The number of anilines is 9. The highest BCUT2D eigenvalue weighted by Crippen LogP contribution is 2.49. The molecular weight excluding hydrogens is 843 g/mol. The van der Waals surface area contributed by atoms with E-state index in [4.69, 9.17) is 0 Å². The Hall–Kier alpha value is -8.70. The van der Waals surface area contributed by atoms with Crippen molar-refractivity contribution in [2.45, 2.75) is 0 Å². The number of fused-ring (bicyclic) bond motifs is 4. The highest BCUT2D eigenvalue weighted by molar-refractivity contribution is 7.25. The van der Waals surface area contributed by atoms with Gasteiger partial charge in [-0.15, -0.1) is 11.3 Å². The summed E-state index contributed by atoms with van der Waals surface area (Å²) in [5, 5.41) is 4.95. The van der Waals surface area contributed by atoms with Gasteiger partial charge in [-0.2, -0.15) is 0 Å². The van der Waals surface area contributed by atoms with Crippen LogP contribution in [0.15, 0.2) is 273 Å². The van der Waals surface area contributed by atoms with Gasteiger partial charge in [0, 0.05) is 59.9 Å². The maximum Gasteiger partial charge on any atom is 0.0702 e. The number of hydrogen-bond acceptors (Lipinski definition) is 4. The third-order valence-electron chi connectivity index (χ3n) is 12.8. The molecule has 0 bridgehead atoms. The van der Waals surface area contributed by atoms with Crippen LogP contribution in [-0.2, 0) is 0 Å². The number of para-hydroxylation sites is 7. The Kier molecular flexibility index (Phi) is 10.8. The Morgan fingerprint density at radius 1 is 0.235 bits per heavy atom. The zero-order chi connectivity index (χ0) is 45.2. The molecule has 68 heavy (non-hydrogen) atoms. The van der Waals surface area contributed by atoms with Crippen LogP contribution in [0, 0.1) is 0 Å².